The third-order valence-corrected chi connectivity index (χ3v) is 10.3. The van der Waals surface area contributed by atoms with Crippen LogP contribution in [0, 0.1) is 6.92 Å². The van der Waals surface area contributed by atoms with E-state index in [-0.39, 0.29) is 28.7 Å². The first-order valence-corrected chi connectivity index (χ1v) is 19.7. The van der Waals surface area contributed by atoms with E-state index < -0.39 is 16.0 Å². The van der Waals surface area contributed by atoms with Crippen LogP contribution < -0.4 is 29.7 Å². The van der Waals surface area contributed by atoms with Gasteiger partial charge in [0.1, 0.15) is 22.6 Å². The summed E-state index contributed by atoms with van der Waals surface area (Å²) >= 11 is 0. The van der Waals surface area contributed by atoms with Crippen molar-refractivity contribution in [3.63, 3.8) is 0 Å². The number of aryl methyl sites for hydroxylation is 1. The minimum Gasteiger partial charge on any atom is -0.494 e. The minimum atomic E-state index is -3.75. The molecule has 3 N–H and O–H groups in total. The number of para-hydroxylation sites is 1. The van der Waals surface area contributed by atoms with Gasteiger partial charge in [-0.2, -0.15) is 4.98 Å². The number of piperidine rings is 1. The van der Waals surface area contributed by atoms with Crippen LogP contribution in [-0.4, -0.2) is 110 Å². The predicted molar refractivity (Wildman–Crippen MR) is 210 cm³/mol. The molecule has 0 bridgehead atoms. The first-order valence-electron chi connectivity index (χ1n) is 17.8. The largest absolute Gasteiger partial charge is 0.494 e. The maximum Gasteiger partial charge on any atom is 0.348 e. The van der Waals surface area contributed by atoms with Crippen molar-refractivity contribution >= 4 is 61.5 Å². The van der Waals surface area contributed by atoms with Gasteiger partial charge < -0.3 is 29.9 Å². The number of likely N-dealkylation sites (N-methyl/N-ethyl adjacent to an activating group) is 1. The molecule has 2 aliphatic heterocycles. The van der Waals surface area contributed by atoms with Crippen molar-refractivity contribution in [1.82, 2.24) is 29.7 Å². The number of hydrogen-bond donors (Lipinski definition) is 3. The normalized spacial score (nSPS) is 15.9. The first kappa shape index (κ1) is 36.8. The highest BCUT2D eigenvalue weighted by molar-refractivity contribution is 7.92. The van der Waals surface area contributed by atoms with Crippen molar-refractivity contribution in [3.8, 4) is 11.5 Å². The lowest BCUT2D eigenvalue weighted by atomic mass is 10.0. The molecule has 0 saturated carbocycles. The van der Waals surface area contributed by atoms with E-state index in [0.717, 1.165) is 69.6 Å². The summed E-state index contributed by atoms with van der Waals surface area (Å²) in [6.45, 7) is 8.48. The predicted octanol–water partition coefficient (Wildman–Crippen LogP) is 5.03. The topological polar surface area (TPSA) is 167 Å². The van der Waals surface area contributed by atoms with Gasteiger partial charge in [0.15, 0.2) is 5.82 Å². The highest BCUT2D eigenvalue weighted by Crippen LogP contribution is 2.37. The number of carbonyl (C=O) groups excluding carboxylic acids is 1. The molecule has 2 saturated heterocycles. The Balaban J connectivity index is 1.18. The summed E-state index contributed by atoms with van der Waals surface area (Å²) in [7, 11) is 0.0595. The van der Waals surface area contributed by atoms with Crippen LogP contribution in [0.25, 0.3) is 11.0 Å². The molecular formula is C38H44N10O5S. The summed E-state index contributed by atoms with van der Waals surface area (Å²) in [5, 5.41) is 6.41. The number of esters is 1. The Kier molecular flexibility index (Phi) is 10.8. The second-order valence-electron chi connectivity index (χ2n) is 13.6. The molecule has 2 aromatic heterocycles. The number of nitrogens with zero attached hydrogens (tertiary/aromatic N) is 7. The monoisotopic (exact) mass is 752 g/mol. The van der Waals surface area contributed by atoms with E-state index >= 15 is 0 Å². The van der Waals surface area contributed by atoms with Gasteiger partial charge >= 0.3 is 5.97 Å². The average Bonchev–Trinajstić information content (AvgIpc) is 3.16. The van der Waals surface area contributed by atoms with Crippen LogP contribution in [0.1, 0.15) is 28.8 Å². The Morgan fingerprint density at radius 3 is 2.35 bits per heavy atom. The van der Waals surface area contributed by atoms with E-state index in [1.54, 1.807) is 43.5 Å². The van der Waals surface area contributed by atoms with E-state index in [1.807, 2.05) is 18.2 Å². The number of benzene rings is 3. The standard InChI is InChI=1S/C38H44N10O5S/c1-25-22-31(33(52-3)23-32(25)48-16-12-26(13-17-48)47-20-18-46(2)19-21-47)43-38-41-24-28(37(49)53-27-8-6-5-7-9-27)36(44-38)42-30-11-10-29-34(40-15-14-39-29)35(30)45-54(4,50)51/h5-11,14-15,22-24,26,45H,12-13,16-21H2,1-4H3,(H2,41,42,43,44). The van der Waals surface area contributed by atoms with Crippen molar-refractivity contribution in [1.29, 1.82) is 0 Å². The van der Waals surface area contributed by atoms with Crippen molar-refractivity contribution in [2.45, 2.75) is 25.8 Å². The fourth-order valence-electron chi connectivity index (χ4n) is 6.96. The molecule has 0 spiro atoms. The van der Waals surface area contributed by atoms with Gasteiger partial charge in [-0.1, -0.05) is 18.2 Å². The lowest BCUT2D eigenvalue weighted by Gasteiger charge is -2.43. The minimum absolute atomic E-state index is 0.00687. The van der Waals surface area contributed by atoms with Gasteiger partial charge in [-0.25, -0.2) is 18.2 Å². The Morgan fingerprint density at radius 2 is 1.63 bits per heavy atom. The number of aromatic nitrogens is 4. The van der Waals surface area contributed by atoms with Gasteiger partial charge in [-0.15, -0.1) is 0 Å². The van der Waals surface area contributed by atoms with Gasteiger partial charge in [0.25, 0.3) is 0 Å². The molecule has 0 unspecified atom stereocenters. The number of rotatable bonds is 11. The number of hydrogen-bond acceptors (Lipinski definition) is 14. The van der Waals surface area contributed by atoms with Crippen LogP contribution >= 0.6 is 0 Å². The van der Waals surface area contributed by atoms with Crippen LogP contribution in [-0.2, 0) is 10.0 Å². The first-order chi connectivity index (χ1) is 26.0. The van der Waals surface area contributed by atoms with E-state index in [1.165, 1.54) is 18.6 Å². The number of sulfonamides is 1. The molecule has 282 valence electrons. The molecular weight excluding hydrogens is 709 g/mol. The molecule has 54 heavy (non-hydrogen) atoms. The third-order valence-electron chi connectivity index (χ3n) is 9.77. The lowest BCUT2D eigenvalue weighted by Crippen LogP contribution is -2.52. The number of methoxy groups -OCH3 is 1. The van der Waals surface area contributed by atoms with E-state index in [4.69, 9.17) is 14.5 Å². The molecule has 7 rings (SSSR count). The molecule has 2 aliphatic rings. The smallest absolute Gasteiger partial charge is 0.348 e. The zero-order chi connectivity index (χ0) is 37.8. The van der Waals surface area contributed by atoms with E-state index in [2.05, 4.69) is 59.0 Å². The summed E-state index contributed by atoms with van der Waals surface area (Å²) in [6.07, 6.45) is 7.59. The van der Waals surface area contributed by atoms with E-state index in [9.17, 15) is 13.2 Å². The SMILES string of the molecule is COc1cc(N2CCC(N3CCN(C)CC3)CC2)c(C)cc1Nc1ncc(C(=O)Oc2ccccc2)c(Nc2ccc3nccnc3c2NS(C)(=O)=O)n1. The second-order valence-corrected chi connectivity index (χ2v) is 15.3. The molecule has 0 radical (unpaired) electrons. The number of fused-ring (bicyclic) bond motifs is 1. The number of piperazine rings is 1. The number of carbonyl (C=O) groups is 1. The maximum absolute atomic E-state index is 13.6. The molecule has 5 aromatic rings. The average molecular weight is 753 g/mol. The summed E-state index contributed by atoms with van der Waals surface area (Å²) in [5.41, 5.74) is 4.00. The molecule has 2 fully saturated rings. The molecule has 16 heteroatoms. The summed E-state index contributed by atoms with van der Waals surface area (Å²) in [4.78, 5) is 38.9. The van der Waals surface area contributed by atoms with Gasteiger partial charge in [0, 0.05) is 75.7 Å². The fraction of sp³-hybridized carbons (Fsp3) is 0.342. The van der Waals surface area contributed by atoms with Gasteiger partial charge in [-0.3, -0.25) is 19.6 Å². The number of nitrogens with one attached hydrogen (secondary N) is 3. The van der Waals surface area contributed by atoms with Crippen LogP contribution in [0.5, 0.6) is 11.5 Å². The Morgan fingerprint density at radius 1 is 0.889 bits per heavy atom. The maximum atomic E-state index is 13.6. The van der Waals surface area contributed by atoms with Crippen molar-refractivity contribution in [2.75, 3.05) is 79.9 Å². The summed E-state index contributed by atoms with van der Waals surface area (Å²) < 4.78 is 39.0. The van der Waals surface area contributed by atoms with Crippen molar-refractivity contribution in [3.05, 3.63) is 84.3 Å². The second kappa shape index (κ2) is 15.8. The molecule has 0 aliphatic carbocycles. The van der Waals surface area contributed by atoms with Gasteiger partial charge in [-0.05, 0) is 62.7 Å². The molecule has 3 aromatic carbocycles. The Hall–Kier alpha value is -5.58. The number of anilines is 6. The third kappa shape index (κ3) is 8.46. The Labute approximate surface area is 314 Å². The zero-order valence-electron chi connectivity index (χ0n) is 30.7. The number of ether oxygens (including phenoxy) is 2. The van der Waals surface area contributed by atoms with Crippen LogP contribution in [0.4, 0.5) is 34.5 Å². The van der Waals surface area contributed by atoms with Crippen LogP contribution in [0.2, 0.25) is 0 Å². The Bertz CT molecular complexity index is 2240. The molecule has 0 atom stereocenters. The van der Waals surface area contributed by atoms with Gasteiger partial charge in [0.05, 0.1) is 35.9 Å². The van der Waals surface area contributed by atoms with Crippen molar-refractivity contribution < 1.29 is 22.7 Å². The molecule has 4 heterocycles. The highest BCUT2D eigenvalue weighted by atomic mass is 32.2. The molecule has 15 nitrogen and oxygen atoms in total. The van der Waals surface area contributed by atoms with Crippen LogP contribution in [0.3, 0.4) is 0 Å². The van der Waals surface area contributed by atoms with Crippen LogP contribution in [0.15, 0.2) is 73.2 Å². The zero-order valence-corrected chi connectivity index (χ0v) is 31.6. The molecule has 0 amide bonds. The van der Waals surface area contributed by atoms with Crippen molar-refractivity contribution in [2.24, 2.45) is 0 Å². The summed E-state index contributed by atoms with van der Waals surface area (Å²) in [6, 6.07) is 16.6. The summed E-state index contributed by atoms with van der Waals surface area (Å²) in [5.74, 6) is 0.437. The lowest BCUT2D eigenvalue weighted by molar-refractivity contribution is 0.0735. The quantitative estimate of drug-likeness (QED) is 0.121. The highest BCUT2D eigenvalue weighted by Gasteiger charge is 2.28. The van der Waals surface area contributed by atoms with Gasteiger partial charge in [0.2, 0.25) is 16.0 Å². The fourth-order valence-corrected chi connectivity index (χ4v) is 7.54. The van der Waals surface area contributed by atoms with E-state index in [0.29, 0.717) is 34.3 Å².